The number of allylic oxidation sites excluding steroid dienone is 2. The average Bonchev–Trinajstić information content (AvgIpc) is 2.83. The molecule has 5 rings (SSSR count). The van der Waals surface area contributed by atoms with Crippen LogP contribution in [0.5, 0.6) is 0 Å². The number of hydrogen-bond donors (Lipinski definition) is 1. The number of carboxylic acid groups (broad SMARTS) is 1. The smallest absolute Gasteiger partial charge is 0.310 e. The molecule has 6 nitrogen and oxygen atoms in total. The second-order valence-electron chi connectivity index (χ2n) is 15.8. The largest absolute Gasteiger partial charge is 0.481 e. The normalized spacial score (nSPS) is 49.2. The van der Waals surface area contributed by atoms with Crippen molar-refractivity contribution in [2.24, 2.45) is 56.7 Å². The molecule has 0 heterocycles. The van der Waals surface area contributed by atoms with E-state index < -0.39 is 23.6 Å². The highest BCUT2D eigenvalue weighted by molar-refractivity contribution is 5.76. The molecule has 0 radical (unpaired) electrons. The molecular formula is C34H52O6. The summed E-state index contributed by atoms with van der Waals surface area (Å²) in [6.07, 6.45) is 8.62. The maximum absolute atomic E-state index is 12.9. The predicted molar refractivity (Wildman–Crippen MR) is 153 cm³/mol. The van der Waals surface area contributed by atoms with E-state index in [9.17, 15) is 19.5 Å². The lowest BCUT2D eigenvalue weighted by atomic mass is 9.33. The Balaban J connectivity index is 1.60. The van der Waals surface area contributed by atoms with Crippen molar-refractivity contribution < 1.29 is 29.0 Å². The zero-order valence-corrected chi connectivity index (χ0v) is 26.3. The van der Waals surface area contributed by atoms with E-state index >= 15 is 0 Å². The summed E-state index contributed by atoms with van der Waals surface area (Å²) < 4.78 is 11.8. The quantitative estimate of drug-likeness (QED) is 0.292. The number of hydrogen-bond acceptors (Lipinski definition) is 5. The lowest BCUT2D eigenvalue weighted by molar-refractivity contribution is -0.244. The van der Waals surface area contributed by atoms with E-state index in [1.807, 2.05) is 0 Å². The van der Waals surface area contributed by atoms with Crippen LogP contribution in [0.1, 0.15) is 114 Å². The number of esters is 2. The van der Waals surface area contributed by atoms with Gasteiger partial charge in [-0.25, -0.2) is 0 Å². The van der Waals surface area contributed by atoms with Crippen LogP contribution >= 0.6 is 0 Å². The number of ether oxygens (including phenoxy) is 2. The fourth-order valence-corrected chi connectivity index (χ4v) is 11.7. The Morgan fingerprint density at radius 1 is 0.875 bits per heavy atom. The second-order valence-corrected chi connectivity index (χ2v) is 15.8. The van der Waals surface area contributed by atoms with Gasteiger partial charge in [0, 0.05) is 19.3 Å². The minimum absolute atomic E-state index is 0.00146. The molecule has 5 aliphatic carbocycles. The van der Waals surface area contributed by atoms with Crippen LogP contribution < -0.4 is 0 Å². The van der Waals surface area contributed by atoms with Crippen LogP contribution in [0.4, 0.5) is 0 Å². The van der Waals surface area contributed by atoms with E-state index in [-0.39, 0.29) is 39.5 Å². The highest BCUT2D eigenvalue weighted by Crippen LogP contribution is 2.76. The molecule has 0 aromatic rings. The maximum atomic E-state index is 12.9. The molecular weight excluding hydrogens is 504 g/mol. The third-order valence-electron chi connectivity index (χ3n) is 13.9. The van der Waals surface area contributed by atoms with Crippen molar-refractivity contribution >= 4 is 17.9 Å². The minimum Gasteiger partial charge on any atom is -0.481 e. The van der Waals surface area contributed by atoms with Gasteiger partial charge in [0.05, 0.1) is 5.41 Å². The molecule has 4 fully saturated rings. The highest BCUT2D eigenvalue weighted by Gasteiger charge is 2.71. The standard InChI is InChI=1S/C34H52O6/c1-19-12-15-34(29(37)38)17-16-32(8)23(27(34)20(19)2)10-11-26-31(7)18-24(39-21(3)35)28(40-22(4)36)30(5,6)25(31)13-14-33(26,32)9/h10,19-20,24-28H,11-18H2,1-9H3,(H,37,38)/t19-,20+,24-,25-,26-,27+,28+,31+,32-,33-,34+/m1/s1. The zero-order chi connectivity index (χ0) is 29.6. The van der Waals surface area contributed by atoms with Crippen LogP contribution in [-0.2, 0) is 23.9 Å². The van der Waals surface area contributed by atoms with Gasteiger partial charge < -0.3 is 14.6 Å². The van der Waals surface area contributed by atoms with Gasteiger partial charge in [-0.15, -0.1) is 0 Å². The van der Waals surface area contributed by atoms with Gasteiger partial charge in [0.15, 0.2) is 0 Å². The summed E-state index contributed by atoms with van der Waals surface area (Å²) in [5.41, 5.74) is 0.219. The maximum Gasteiger partial charge on any atom is 0.310 e. The van der Waals surface area contributed by atoms with Crippen LogP contribution in [0.25, 0.3) is 0 Å². The van der Waals surface area contributed by atoms with Gasteiger partial charge in [0.1, 0.15) is 12.2 Å². The SMILES string of the molecule is CC(=O)O[C@@H]1C[C@@]2(C)[C@H](CC[C@]3(C)[C@@H]2CC=C2[C@@H]4[C@@H](C)[C@H](C)CC[C@]4(C(=O)O)CC[C@]23C)C(C)(C)[C@H]1OC(C)=O. The Hall–Kier alpha value is -1.85. The topological polar surface area (TPSA) is 89.9 Å². The molecule has 40 heavy (non-hydrogen) atoms. The van der Waals surface area contributed by atoms with Crippen LogP contribution in [-0.4, -0.2) is 35.2 Å². The summed E-state index contributed by atoms with van der Waals surface area (Å²) in [6, 6.07) is 0. The lowest BCUT2D eigenvalue weighted by Gasteiger charge is -2.71. The van der Waals surface area contributed by atoms with Crippen LogP contribution in [0.2, 0.25) is 0 Å². The molecule has 0 saturated heterocycles. The molecule has 0 aliphatic heterocycles. The van der Waals surface area contributed by atoms with Gasteiger partial charge in [-0.3, -0.25) is 14.4 Å². The predicted octanol–water partition coefficient (Wildman–Crippen LogP) is 7.20. The summed E-state index contributed by atoms with van der Waals surface area (Å²) in [7, 11) is 0. The van der Waals surface area contributed by atoms with Crippen molar-refractivity contribution in [3.05, 3.63) is 11.6 Å². The summed E-state index contributed by atoms with van der Waals surface area (Å²) in [5.74, 6) is 0.333. The Labute approximate surface area is 241 Å². The van der Waals surface area contributed by atoms with Gasteiger partial charge in [0.25, 0.3) is 0 Å². The molecule has 6 heteroatoms. The van der Waals surface area contributed by atoms with Crippen molar-refractivity contribution in [1.29, 1.82) is 0 Å². The number of carbonyl (C=O) groups is 3. The van der Waals surface area contributed by atoms with Gasteiger partial charge in [-0.1, -0.05) is 60.1 Å². The molecule has 0 amide bonds. The van der Waals surface area contributed by atoms with Crippen molar-refractivity contribution in [3.63, 3.8) is 0 Å². The van der Waals surface area contributed by atoms with E-state index in [0.717, 1.165) is 44.9 Å². The van der Waals surface area contributed by atoms with Crippen LogP contribution in [0.15, 0.2) is 11.6 Å². The van der Waals surface area contributed by atoms with Crippen LogP contribution in [0, 0.1) is 56.7 Å². The van der Waals surface area contributed by atoms with Gasteiger partial charge >= 0.3 is 17.9 Å². The van der Waals surface area contributed by atoms with E-state index in [1.165, 1.54) is 19.4 Å². The molecule has 1 N–H and O–H groups in total. The first-order chi connectivity index (χ1) is 18.5. The Bertz CT molecular complexity index is 1120. The fraction of sp³-hybridized carbons (Fsp3) is 0.853. The van der Waals surface area contributed by atoms with Crippen molar-refractivity contribution in [1.82, 2.24) is 0 Å². The fourth-order valence-electron chi connectivity index (χ4n) is 11.7. The minimum atomic E-state index is -0.647. The van der Waals surface area contributed by atoms with Crippen molar-refractivity contribution in [3.8, 4) is 0 Å². The lowest BCUT2D eigenvalue weighted by Crippen LogP contribution is -2.68. The van der Waals surface area contributed by atoms with E-state index in [2.05, 4.69) is 54.5 Å². The van der Waals surface area contributed by atoms with Gasteiger partial charge in [-0.05, 0) is 97.2 Å². The van der Waals surface area contributed by atoms with Crippen molar-refractivity contribution in [2.45, 2.75) is 126 Å². The number of carboxylic acids is 1. The zero-order valence-electron chi connectivity index (χ0n) is 26.3. The summed E-state index contributed by atoms with van der Waals surface area (Å²) >= 11 is 0. The average molecular weight is 557 g/mol. The molecule has 0 aromatic carbocycles. The summed E-state index contributed by atoms with van der Waals surface area (Å²) in [6.45, 7) is 19.2. The monoisotopic (exact) mass is 556 g/mol. The number of carbonyl (C=O) groups excluding carboxylic acids is 2. The molecule has 0 aromatic heterocycles. The third-order valence-corrected chi connectivity index (χ3v) is 13.9. The molecule has 0 spiro atoms. The first kappa shape index (κ1) is 29.6. The van der Waals surface area contributed by atoms with Crippen molar-refractivity contribution in [2.75, 3.05) is 0 Å². The molecule has 0 unspecified atom stereocenters. The summed E-state index contributed by atoms with van der Waals surface area (Å²) in [4.78, 5) is 37.4. The number of rotatable bonds is 3. The Morgan fingerprint density at radius 3 is 2.12 bits per heavy atom. The van der Waals surface area contributed by atoms with E-state index in [1.54, 1.807) is 0 Å². The summed E-state index contributed by atoms with van der Waals surface area (Å²) in [5, 5.41) is 10.6. The third kappa shape index (κ3) is 3.82. The van der Waals surface area contributed by atoms with Crippen LogP contribution in [0.3, 0.4) is 0 Å². The van der Waals surface area contributed by atoms with E-state index in [0.29, 0.717) is 30.1 Å². The Morgan fingerprint density at radius 2 is 1.52 bits per heavy atom. The first-order valence-corrected chi connectivity index (χ1v) is 15.7. The van der Waals surface area contributed by atoms with Gasteiger partial charge in [-0.2, -0.15) is 0 Å². The first-order valence-electron chi connectivity index (χ1n) is 15.7. The Kier molecular flexibility index (Phi) is 6.91. The molecule has 4 saturated carbocycles. The molecule has 224 valence electrons. The number of fused-ring (bicyclic) bond motifs is 7. The molecule has 0 bridgehead atoms. The molecule has 5 aliphatic rings. The highest BCUT2D eigenvalue weighted by atomic mass is 16.6. The second kappa shape index (κ2) is 9.33. The molecule has 11 atom stereocenters. The van der Waals surface area contributed by atoms with E-state index in [4.69, 9.17) is 9.47 Å². The van der Waals surface area contributed by atoms with Gasteiger partial charge in [0.2, 0.25) is 0 Å². The number of aliphatic carboxylic acids is 1.